The number of carboxylic acid groups (broad SMARTS) is 1. The molecule has 1 amide bonds. The molecule has 0 aromatic heterocycles. The first-order valence-electron chi connectivity index (χ1n) is 6.87. The summed E-state index contributed by atoms with van der Waals surface area (Å²) in [6, 6.07) is 8.08. The first-order chi connectivity index (χ1) is 9.54. The SMILES string of the molecule is Cc1ccc(N(CCC(=O)O)CC(=O)NC2CC2)cc1. The first-order valence-corrected chi connectivity index (χ1v) is 6.87. The number of aliphatic carboxylic acids is 1. The third-order valence-electron chi connectivity index (χ3n) is 3.27. The normalized spacial score (nSPS) is 13.8. The van der Waals surface area contributed by atoms with Crippen molar-refractivity contribution in [1.82, 2.24) is 5.32 Å². The highest BCUT2D eigenvalue weighted by molar-refractivity contribution is 5.82. The fourth-order valence-corrected chi connectivity index (χ4v) is 1.96. The number of carbonyl (C=O) groups excluding carboxylic acids is 1. The number of benzene rings is 1. The topological polar surface area (TPSA) is 69.6 Å². The van der Waals surface area contributed by atoms with Crippen LogP contribution in [0.4, 0.5) is 5.69 Å². The van der Waals surface area contributed by atoms with E-state index in [1.807, 2.05) is 36.1 Å². The second-order valence-corrected chi connectivity index (χ2v) is 5.24. The zero-order valence-electron chi connectivity index (χ0n) is 11.6. The number of amides is 1. The predicted molar refractivity (Wildman–Crippen MR) is 76.8 cm³/mol. The molecule has 1 fully saturated rings. The predicted octanol–water partition coefficient (Wildman–Crippen LogP) is 1.55. The summed E-state index contributed by atoms with van der Waals surface area (Å²) in [5.41, 5.74) is 2.01. The van der Waals surface area contributed by atoms with Crippen molar-refractivity contribution >= 4 is 17.6 Å². The van der Waals surface area contributed by atoms with E-state index in [0.717, 1.165) is 24.1 Å². The van der Waals surface area contributed by atoms with Crippen LogP contribution in [0.2, 0.25) is 0 Å². The van der Waals surface area contributed by atoms with Gasteiger partial charge in [-0.2, -0.15) is 0 Å². The Labute approximate surface area is 118 Å². The molecular weight excluding hydrogens is 256 g/mol. The fourth-order valence-electron chi connectivity index (χ4n) is 1.96. The van der Waals surface area contributed by atoms with Gasteiger partial charge in [-0.3, -0.25) is 9.59 Å². The number of rotatable bonds is 7. The van der Waals surface area contributed by atoms with Crippen molar-refractivity contribution in [3.63, 3.8) is 0 Å². The molecular formula is C15H20N2O3. The summed E-state index contributed by atoms with van der Waals surface area (Å²) >= 11 is 0. The van der Waals surface area contributed by atoms with Crippen LogP contribution >= 0.6 is 0 Å². The molecule has 5 heteroatoms. The molecule has 1 saturated carbocycles. The zero-order chi connectivity index (χ0) is 14.5. The zero-order valence-corrected chi connectivity index (χ0v) is 11.6. The summed E-state index contributed by atoms with van der Waals surface area (Å²) in [7, 11) is 0. The molecule has 0 heterocycles. The third-order valence-corrected chi connectivity index (χ3v) is 3.27. The molecule has 20 heavy (non-hydrogen) atoms. The molecule has 1 aliphatic carbocycles. The minimum Gasteiger partial charge on any atom is -0.481 e. The molecule has 1 aromatic rings. The van der Waals surface area contributed by atoms with Gasteiger partial charge in [-0.1, -0.05) is 17.7 Å². The van der Waals surface area contributed by atoms with E-state index in [4.69, 9.17) is 5.11 Å². The summed E-state index contributed by atoms with van der Waals surface area (Å²) in [5.74, 6) is -0.900. The van der Waals surface area contributed by atoms with Gasteiger partial charge >= 0.3 is 5.97 Å². The first kappa shape index (κ1) is 14.4. The number of hydrogen-bond acceptors (Lipinski definition) is 3. The number of nitrogens with zero attached hydrogens (tertiary/aromatic N) is 1. The smallest absolute Gasteiger partial charge is 0.305 e. The summed E-state index contributed by atoms with van der Waals surface area (Å²) in [4.78, 5) is 24.4. The quantitative estimate of drug-likeness (QED) is 0.793. The van der Waals surface area contributed by atoms with Gasteiger partial charge in [0.1, 0.15) is 0 Å². The number of nitrogens with one attached hydrogen (secondary N) is 1. The fraction of sp³-hybridized carbons (Fsp3) is 0.467. The van der Waals surface area contributed by atoms with Crippen LogP contribution in [0.25, 0.3) is 0 Å². The summed E-state index contributed by atoms with van der Waals surface area (Å²) in [5, 5.41) is 11.7. The van der Waals surface area contributed by atoms with E-state index in [9.17, 15) is 9.59 Å². The van der Waals surface area contributed by atoms with Gasteiger partial charge in [0.15, 0.2) is 0 Å². The van der Waals surface area contributed by atoms with Crippen LogP contribution < -0.4 is 10.2 Å². The van der Waals surface area contributed by atoms with Crippen LogP contribution in [0.15, 0.2) is 24.3 Å². The van der Waals surface area contributed by atoms with Crippen LogP contribution in [0.5, 0.6) is 0 Å². The molecule has 0 aliphatic heterocycles. The average molecular weight is 276 g/mol. The Morgan fingerprint density at radius 3 is 2.50 bits per heavy atom. The lowest BCUT2D eigenvalue weighted by Crippen LogP contribution is -2.39. The monoisotopic (exact) mass is 276 g/mol. The van der Waals surface area contributed by atoms with Crippen molar-refractivity contribution in [3.8, 4) is 0 Å². The van der Waals surface area contributed by atoms with Crippen LogP contribution in [-0.2, 0) is 9.59 Å². The van der Waals surface area contributed by atoms with E-state index in [-0.39, 0.29) is 18.9 Å². The van der Waals surface area contributed by atoms with Crippen molar-refractivity contribution in [3.05, 3.63) is 29.8 Å². The number of hydrogen-bond donors (Lipinski definition) is 2. The van der Waals surface area contributed by atoms with Gasteiger partial charge in [-0.05, 0) is 31.9 Å². The second kappa shape index (κ2) is 6.41. The van der Waals surface area contributed by atoms with E-state index in [0.29, 0.717) is 12.6 Å². The largest absolute Gasteiger partial charge is 0.481 e. The van der Waals surface area contributed by atoms with E-state index in [2.05, 4.69) is 5.32 Å². The highest BCUT2D eigenvalue weighted by Crippen LogP contribution is 2.19. The van der Waals surface area contributed by atoms with Crippen molar-refractivity contribution in [2.45, 2.75) is 32.2 Å². The highest BCUT2D eigenvalue weighted by Gasteiger charge is 2.24. The van der Waals surface area contributed by atoms with Crippen molar-refractivity contribution in [1.29, 1.82) is 0 Å². The van der Waals surface area contributed by atoms with E-state index < -0.39 is 5.97 Å². The Morgan fingerprint density at radius 2 is 1.95 bits per heavy atom. The van der Waals surface area contributed by atoms with Gasteiger partial charge < -0.3 is 15.3 Å². The Hall–Kier alpha value is -2.04. The van der Waals surface area contributed by atoms with Crippen molar-refractivity contribution in [2.75, 3.05) is 18.0 Å². The standard InChI is InChI=1S/C15H20N2O3/c1-11-2-6-13(7-3-11)17(9-8-15(19)20)10-14(18)16-12-4-5-12/h2-3,6-7,12H,4-5,8-10H2,1H3,(H,16,18)(H,19,20). The van der Waals surface area contributed by atoms with Crippen LogP contribution in [-0.4, -0.2) is 36.1 Å². The third kappa shape index (κ3) is 4.57. The van der Waals surface area contributed by atoms with E-state index in [1.165, 1.54) is 0 Å². The maximum atomic E-state index is 11.9. The minimum absolute atomic E-state index is 0.0184. The molecule has 2 rings (SSSR count). The Kier molecular flexibility index (Phi) is 4.61. The highest BCUT2D eigenvalue weighted by atomic mass is 16.4. The van der Waals surface area contributed by atoms with Crippen molar-refractivity contribution in [2.24, 2.45) is 0 Å². The molecule has 108 valence electrons. The van der Waals surface area contributed by atoms with Gasteiger partial charge in [0.2, 0.25) is 5.91 Å². The van der Waals surface area contributed by atoms with Crippen molar-refractivity contribution < 1.29 is 14.7 Å². The Bertz CT molecular complexity index is 480. The lowest BCUT2D eigenvalue weighted by atomic mass is 10.2. The van der Waals surface area contributed by atoms with Crippen LogP contribution in [0.1, 0.15) is 24.8 Å². The summed E-state index contributed by atoms with van der Waals surface area (Å²) in [6.07, 6.45) is 2.11. The molecule has 0 spiro atoms. The molecule has 0 radical (unpaired) electrons. The van der Waals surface area contributed by atoms with Gasteiger partial charge in [0.25, 0.3) is 0 Å². The van der Waals surface area contributed by atoms with Crippen LogP contribution in [0.3, 0.4) is 0 Å². The minimum atomic E-state index is -0.857. The number of carboxylic acids is 1. The molecule has 0 saturated heterocycles. The van der Waals surface area contributed by atoms with Gasteiger partial charge in [0.05, 0.1) is 13.0 Å². The lowest BCUT2D eigenvalue weighted by molar-refractivity contribution is -0.136. The lowest BCUT2D eigenvalue weighted by Gasteiger charge is -2.23. The number of carbonyl (C=O) groups is 2. The maximum absolute atomic E-state index is 11.9. The molecule has 1 aromatic carbocycles. The molecule has 0 unspecified atom stereocenters. The van der Waals surface area contributed by atoms with Crippen LogP contribution in [0, 0.1) is 6.92 Å². The average Bonchev–Trinajstić information content (AvgIpc) is 3.19. The van der Waals surface area contributed by atoms with E-state index in [1.54, 1.807) is 0 Å². The summed E-state index contributed by atoms with van der Waals surface area (Å²) in [6.45, 7) is 2.52. The summed E-state index contributed by atoms with van der Waals surface area (Å²) < 4.78 is 0. The van der Waals surface area contributed by atoms with E-state index >= 15 is 0 Å². The molecule has 5 nitrogen and oxygen atoms in total. The Morgan fingerprint density at radius 1 is 1.30 bits per heavy atom. The number of aryl methyl sites for hydroxylation is 1. The van der Waals surface area contributed by atoms with Gasteiger partial charge in [-0.15, -0.1) is 0 Å². The van der Waals surface area contributed by atoms with Gasteiger partial charge in [-0.25, -0.2) is 0 Å². The molecule has 0 bridgehead atoms. The second-order valence-electron chi connectivity index (χ2n) is 5.24. The van der Waals surface area contributed by atoms with Gasteiger partial charge in [0, 0.05) is 18.3 Å². The molecule has 1 aliphatic rings. The maximum Gasteiger partial charge on any atom is 0.305 e. The number of anilines is 1. The molecule has 2 N–H and O–H groups in total. The Balaban J connectivity index is 2.00. The molecule has 0 atom stereocenters.